The van der Waals surface area contributed by atoms with Gasteiger partial charge in [0.15, 0.2) is 5.75 Å². The summed E-state index contributed by atoms with van der Waals surface area (Å²) in [6, 6.07) is -0.0223. The predicted octanol–water partition coefficient (Wildman–Crippen LogP) is 3.30. The number of carboxylic acids is 1. The SMILES string of the molecule is O=C(O)c1cc(C(F)(F)F)nc(I)c1OC(F)(F)F. The molecule has 0 saturated heterocycles. The van der Waals surface area contributed by atoms with Crippen molar-refractivity contribution in [1.29, 1.82) is 0 Å². The van der Waals surface area contributed by atoms with Gasteiger partial charge in [-0.15, -0.1) is 13.2 Å². The van der Waals surface area contributed by atoms with Crippen LogP contribution in [0.4, 0.5) is 26.3 Å². The molecule has 0 fully saturated rings. The van der Waals surface area contributed by atoms with Crippen LogP contribution in [0.1, 0.15) is 16.1 Å². The van der Waals surface area contributed by atoms with Gasteiger partial charge >= 0.3 is 18.5 Å². The molecule has 0 bridgehead atoms. The molecule has 0 amide bonds. The van der Waals surface area contributed by atoms with E-state index in [1.54, 1.807) is 0 Å². The minimum atomic E-state index is -5.24. The number of aromatic nitrogens is 1. The van der Waals surface area contributed by atoms with E-state index in [9.17, 15) is 31.1 Å². The van der Waals surface area contributed by atoms with Crippen LogP contribution in [-0.4, -0.2) is 22.4 Å². The number of pyridine rings is 1. The molecule has 106 valence electrons. The van der Waals surface area contributed by atoms with Gasteiger partial charge in [-0.2, -0.15) is 13.2 Å². The van der Waals surface area contributed by atoms with Gasteiger partial charge in [-0.25, -0.2) is 9.78 Å². The number of nitrogens with zero attached hydrogens (tertiary/aromatic N) is 1. The quantitative estimate of drug-likeness (QED) is 0.470. The van der Waals surface area contributed by atoms with Gasteiger partial charge in [-0.3, -0.25) is 0 Å². The Labute approximate surface area is 114 Å². The van der Waals surface area contributed by atoms with E-state index >= 15 is 0 Å². The van der Waals surface area contributed by atoms with E-state index in [1.165, 1.54) is 0 Å². The normalized spacial score (nSPS) is 12.4. The third-order valence-electron chi connectivity index (χ3n) is 1.67. The van der Waals surface area contributed by atoms with Crippen molar-refractivity contribution < 1.29 is 41.0 Å². The predicted molar refractivity (Wildman–Crippen MR) is 55.6 cm³/mol. The first-order valence-corrected chi connectivity index (χ1v) is 5.26. The van der Waals surface area contributed by atoms with Gasteiger partial charge in [0.05, 0.1) is 0 Å². The maximum atomic E-state index is 12.4. The van der Waals surface area contributed by atoms with Gasteiger partial charge in [0, 0.05) is 0 Å². The fraction of sp³-hybridized carbons (Fsp3) is 0.250. The number of carboxylic acid groups (broad SMARTS) is 1. The van der Waals surface area contributed by atoms with Gasteiger partial charge < -0.3 is 9.84 Å². The van der Waals surface area contributed by atoms with Crippen LogP contribution in [-0.2, 0) is 6.18 Å². The molecule has 0 atom stereocenters. The zero-order valence-electron chi connectivity index (χ0n) is 8.43. The van der Waals surface area contributed by atoms with E-state index < -0.39 is 39.2 Å². The minimum Gasteiger partial charge on any atom is -0.478 e. The van der Waals surface area contributed by atoms with Crippen LogP contribution in [0.3, 0.4) is 0 Å². The lowest BCUT2D eigenvalue weighted by molar-refractivity contribution is -0.275. The third-order valence-corrected chi connectivity index (χ3v) is 2.40. The van der Waals surface area contributed by atoms with Gasteiger partial charge in [0.2, 0.25) is 0 Å². The average Bonchev–Trinajstić information content (AvgIpc) is 2.16. The van der Waals surface area contributed by atoms with Gasteiger partial charge in [0.25, 0.3) is 0 Å². The van der Waals surface area contributed by atoms with Crippen molar-refractivity contribution in [1.82, 2.24) is 4.98 Å². The fourth-order valence-corrected chi connectivity index (χ4v) is 1.68. The standard InChI is InChI=1S/C8H2F6INO3/c9-7(10,11)3-1-2(6(17)18)4(5(15)16-3)19-8(12,13)14/h1H,(H,17,18). The summed E-state index contributed by atoms with van der Waals surface area (Å²) in [4.78, 5) is 13.5. The number of rotatable bonds is 2. The van der Waals surface area contributed by atoms with Crippen LogP contribution < -0.4 is 4.74 Å². The summed E-state index contributed by atoms with van der Waals surface area (Å²) in [5.41, 5.74) is -2.90. The summed E-state index contributed by atoms with van der Waals surface area (Å²) in [5.74, 6) is -3.28. The van der Waals surface area contributed by atoms with Crippen LogP contribution in [0.15, 0.2) is 6.07 Å². The maximum Gasteiger partial charge on any atom is 0.573 e. The lowest BCUT2D eigenvalue weighted by atomic mass is 10.2. The highest BCUT2D eigenvalue weighted by molar-refractivity contribution is 14.1. The highest BCUT2D eigenvalue weighted by Crippen LogP contribution is 2.35. The van der Waals surface area contributed by atoms with Crippen LogP contribution in [0, 0.1) is 3.70 Å². The lowest BCUT2D eigenvalue weighted by Gasteiger charge is -2.14. The Bertz CT molecular complexity index is 512. The van der Waals surface area contributed by atoms with E-state index in [2.05, 4.69) is 9.72 Å². The van der Waals surface area contributed by atoms with Crippen LogP contribution >= 0.6 is 22.6 Å². The van der Waals surface area contributed by atoms with Gasteiger partial charge in [-0.1, -0.05) is 0 Å². The summed E-state index contributed by atoms with van der Waals surface area (Å²) in [6.45, 7) is 0. The fourth-order valence-electron chi connectivity index (χ4n) is 1.02. The number of aromatic carboxylic acids is 1. The number of hydrogen-bond donors (Lipinski definition) is 1. The average molecular weight is 401 g/mol. The molecule has 0 aliphatic rings. The van der Waals surface area contributed by atoms with E-state index in [0.717, 1.165) is 22.6 Å². The third kappa shape index (κ3) is 4.11. The molecule has 1 heterocycles. The van der Waals surface area contributed by atoms with E-state index in [1.807, 2.05) is 0 Å². The molecule has 19 heavy (non-hydrogen) atoms. The molecule has 0 aliphatic heterocycles. The molecule has 0 radical (unpaired) electrons. The van der Waals surface area contributed by atoms with Crippen LogP contribution in [0.5, 0.6) is 5.75 Å². The molecule has 1 rings (SSSR count). The summed E-state index contributed by atoms with van der Waals surface area (Å²) >= 11 is 1.03. The van der Waals surface area contributed by atoms with Crippen LogP contribution in [0.25, 0.3) is 0 Å². The molecule has 0 aliphatic carbocycles. The second-order valence-electron chi connectivity index (χ2n) is 3.03. The number of alkyl halides is 6. The highest BCUT2D eigenvalue weighted by Gasteiger charge is 2.38. The summed E-state index contributed by atoms with van der Waals surface area (Å²) in [6.07, 6.45) is -10.2. The first-order valence-electron chi connectivity index (χ1n) is 4.18. The van der Waals surface area contributed by atoms with Gasteiger partial charge in [0.1, 0.15) is 15.0 Å². The molecular formula is C8H2F6INO3. The van der Waals surface area contributed by atoms with Crippen molar-refractivity contribution >= 4 is 28.6 Å². The number of halogens is 7. The Hall–Kier alpha value is -1.27. The summed E-state index contributed by atoms with van der Waals surface area (Å²) < 4.78 is 75.7. The molecule has 1 aromatic heterocycles. The smallest absolute Gasteiger partial charge is 0.478 e. The molecule has 0 aromatic carbocycles. The zero-order chi connectivity index (χ0) is 15.0. The Morgan fingerprint density at radius 3 is 2.16 bits per heavy atom. The first kappa shape index (κ1) is 15.8. The second-order valence-corrected chi connectivity index (χ2v) is 4.05. The molecular weight excluding hydrogens is 399 g/mol. The first-order chi connectivity index (χ1) is 8.42. The maximum absolute atomic E-state index is 12.4. The van der Waals surface area contributed by atoms with E-state index in [0.29, 0.717) is 0 Å². The van der Waals surface area contributed by atoms with Crippen molar-refractivity contribution in [3.63, 3.8) is 0 Å². The Morgan fingerprint density at radius 1 is 1.26 bits per heavy atom. The highest BCUT2D eigenvalue weighted by atomic mass is 127. The number of hydrogen-bond acceptors (Lipinski definition) is 3. The number of ether oxygens (including phenoxy) is 1. The molecule has 0 spiro atoms. The Balaban J connectivity index is 3.44. The monoisotopic (exact) mass is 401 g/mol. The second kappa shape index (κ2) is 5.02. The summed E-state index contributed by atoms with van der Waals surface area (Å²) in [5, 5.41) is 8.63. The topological polar surface area (TPSA) is 59.4 Å². The Kier molecular flexibility index (Phi) is 4.17. The molecule has 0 unspecified atom stereocenters. The van der Waals surface area contributed by atoms with Crippen LogP contribution in [0.2, 0.25) is 0 Å². The Morgan fingerprint density at radius 2 is 1.79 bits per heavy atom. The molecule has 1 aromatic rings. The van der Waals surface area contributed by atoms with Crippen molar-refractivity contribution in [3.05, 3.63) is 21.0 Å². The molecule has 1 N–H and O–H groups in total. The van der Waals surface area contributed by atoms with Crippen molar-refractivity contribution in [3.8, 4) is 5.75 Å². The van der Waals surface area contributed by atoms with E-state index in [-0.39, 0.29) is 6.07 Å². The van der Waals surface area contributed by atoms with Crippen molar-refractivity contribution in [2.24, 2.45) is 0 Å². The minimum absolute atomic E-state index is 0.0223. The zero-order valence-corrected chi connectivity index (χ0v) is 10.6. The van der Waals surface area contributed by atoms with Gasteiger partial charge in [-0.05, 0) is 28.7 Å². The molecule has 11 heteroatoms. The van der Waals surface area contributed by atoms with E-state index in [4.69, 9.17) is 5.11 Å². The number of carbonyl (C=O) groups is 1. The van der Waals surface area contributed by atoms with Crippen molar-refractivity contribution in [2.45, 2.75) is 12.5 Å². The largest absolute Gasteiger partial charge is 0.573 e. The summed E-state index contributed by atoms with van der Waals surface area (Å²) in [7, 11) is 0. The molecule has 4 nitrogen and oxygen atoms in total. The lowest BCUT2D eigenvalue weighted by Crippen LogP contribution is -2.21. The molecule has 0 saturated carbocycles. The van der Waals surface area contributed by atoms with Crippen molar-refractivity contribution in [2.75, 3.05) is 0 Å².